The lowest BCUT2D eigenvalue weighted by molar-refractivity contribution is 0.723. The second-order valence-corrected chi connectivity index (χ2v) is 27.2. The first-order valence-electron chi connectivity index (χ1n) is 9.58. The van der Waals surface area contributed by atoms with Crippen molar-refractivity contribution in [3.8, 4) is 0 Å². The Morgan fingerprint density at radius 2 is 1.39 bits per heavy atom. The van der Waals surface area contributed by atoms with Gasteiger partial charge in [0.05, 0.1) is 0 Å². The van der Waals surface area contributed by atoms with Crippen LogP contribution in [0.5, 0.6) is 0 Å². The largest absolute Gasteiger partial charge is 0.183 e. The molecule has 0 aliphatic heterocycles. The molecular formula is C19H37ClSi3. The average Bonchev–Trinajstić information content (AvgIpc) is 2.97. The minimum absolute atomic E-state index is 0.711. The topological polar surface area (TPSA) is 0 Å². The average molecular weight is 385 g/mol. The van der Waals surface area contributed by atoms with E-state index in [0.717, 1.165) is 5.92 Å². The van der Waals surface area contributed by atoms with Crippen molar-refractivity contribution in [1.29, 1.82) is 0 Å². The molecule has 0 amide bonds. The molecule has 2 bridgehead atoms. The Hall–Kier alpha value is 0.421. The minimum atomic E-state index is -1.74. The van der Waals surface area contributed by atoms with Crippen LogP contribution < -0.4 is 0 Å². The van der Waals surface area contributed by atoms with Gasteiger partial charge in [0.1, 0.15) is 0 Å². The summed E-state index contributed by atoms with van der Waals surface area (Å²) in [6, 6.07) is 5.54. The van der Waals surface area contributed by atoms with Gasteiger partial charge in [-0.05, 0) is 30.3 Å². The van der Waals surface area contributed by atoms with Crippen molar-refractivity contribution in [2.75, 3.05) is 0 Å². The Morgan fingerprint density at radius 1 is 0.870 bits per heavy atom. The summed E-state index contributed by atoms with van der Waals surface area (Å²) in [5.74, 6) is 1.43. The zero-order valence-electron chi connectivity index (χ0n) is 16.2. The molecule has 4 heteroatoms. The molecule has 0 nitrogen and oxygen atoms in total. The number of hydrogen-bond donors (Lipinski definition) is 0. The second kappa shape index (κ2) is 7.35. The van der Waals surface area contributed by atoms with Crippen LogP contribution in [0, 0.1) is 11.8 Å². The number of rotatable bonds is 9. The summed E-state index contributed by atoms with van der Waals surface area (Å²) < 4.78 is 0. The van der Waals surface area contributed by atoms with Gasteiger partial charge in [-0.2, -0.15) is 11.1 Å². The molecule has 0 saturated carbocycles. The predicted octanol–water partition coefficient (Wildman–Crippen LogP) is 7.30. The van der Waals surface area contributed by atoms with Crippen LogP contribution >= 0.6 is 11.1 Å². The minimum Gasteiger partial charge on any atom is -0.161 e. The van der Waals surface area contributed by atoms with E-state index in [2.05, 4.69) is 57.5 Å². The Morgan fingerprint density at radius 3 is 1.74 bits per heavy atom. The summed E-state index contributed by atoms with van der Waals surface area (Å²) in [6.45, 7) is 15.0. The highest BCUT2D eigenvalue weighted by molar-refractivity contribution is 7.24. The van der Waals surface area contributed by atoms with Crippen LogP contribution in [0.4, 0.5) is 0 Å². The van der Waals surface area contributed by atoms with Crippen molar-refractivity contribution in [1.82, 2.24) is 0 Å². The van der Waals surface area contributed by atoms with Crippen LogP contribution in [-0.2, 0) is 0 Å². The van der Waals surface area contributed by atoms with E-state index in [0.29, 0.717) is 5.92 Å². The quantitative estimate of drug-likeness (QED) is 0.222. The predicted molar refractivity (Wildman–Crippen MR) is 116 cm³/mol. The molecule has 23 heavy (non-hydrogen) atoms. The van der Waals surface area contributed by atoms with E-state index >= 15 is 0 Å². The number of halogens is 1. The van der Waals surface area contributed by atoms with Gasteiger partial charge in [-0.1, -0.05) is 87.6 Å². The lowest BCUT2D eigenvalue weighted by Gasteiger charge is -2.31. The fourth-order valence-corrected chi connectivity index (χ4v) is 12.4. The fraction of sp³-hybridized carbons (Fsp3) is 0.789. The zero-order chi connectivity index (χ0) is 17.3. The fourth-order valence-electron chi connectivity index (χ4n) is 4.13. The van der Waals surface area contributed by atoms with Gasteiger partial charge >= 0.3 is 0 Å². The Labute approximate surface area is 152 Å². The molecule has 0 N–H and O–H groups in total. The van der Waals surface area contributed by atoms with E-state index in [1.54, 1.807) is 5.20 Å². The molecule has 0 spiro atoms. The summed E-state index contributed by atoms with van der Waals surface area (Å²) in [4.78, 5) is 0. The Bertz CT molecular complexity index is 448. The van der Waals surface area contributed by atoms with Crippen molar-refractivity contribution in [2.24, 2.45) is 11.8 Å². The maximum atomic E-state index is 7.46. The highest BCUT2D eigenvalue weighted by Crippen LogP contribution is 2.47. The second-order valence-electron chi connectivity index (χ2n) is 10.3. The first-order chi connectivity index (χ1) is 10.5. The Balaban J connectivity index is 2.00. The summed E-state index contributed by atoms with van der Waals surface area (Å²) >= 11 is 7.46. The van der Waals surface area contributed by atoms with Crippen LogP contribution in [0.3, 0.4) is 0 Å². The highest BCUT2D eigenvalue weighted by Gasteiger charge is 2.43. The van der Waals surface area contributed by atoms with E-state index in [1.807, 2.05) is 0 Å². The van der Waals surface area contributed by atoms with E-state index in [-0.39, 0.29) is 0 Å². The number of allylic oxidation sites excluding steroid dienone is 4. The molecule has 0 saturated heterocycles. The molecule has 132 valence electrons. The molecule has 0 aromatic heterocycles. The van der Waals surface area contributed by atoms with Crippen molar-refractivity contribution in [3.05, 3.63) is 23.4 Å². The van der Waals surface area contributed by atoms with E-state index in [9.17, 15) is 0 Å². The summed E-state index contributed by atoms with van der Waals surface area (Å²) in [6.07, 6.45) is 11.5. The maximum absolute atomic E-state index is 7.46. The maximum Gasteiger partial charge on any atom is 0.183 e. The van der Waals surface area contributed by atoms with Crippen molar-refractivity contribution < 1.29 is 0 Å². The van der Waals surface area contributed by atoms with E-state index in [1.165, 1.54) is 43.4 Å². The lowest BCUT2D eigenvalue weighted by Crippen LogP contribution is -2.34. The van der Waals surface area contributed by atoms with Gasteiger partial charge in [-0.15, -0.1) is 0 Å². The normalized spacial score (nSPS) is 24.4. The van der Waals surface area contributed by atoms with Gasteiger partial charge in [0.15, 0.2) is 7.38 Å². The molecule has 2 aliphatic rings. The molecule has 0 radical (unpaired) electrons. The third-order valence-corrected chi connectivity index (χ3v) is 14.8. The molecule has 0 fully saturated rings. The zero-order valence-corrected chi connectivity index (χ0v) is 20.0. The van der Waals surface area contributed by atoms with E-state index in [4.69, 9.17) is 11.1 Å². The molecule has 0 aromatic carbocycles. The third-order valence-electron chi connectivity index (χ3n) is 5.43. The molecule has 2 unspecified atom stereocenters. The van der Waals surface area contributed by atoms with Crippen molar-refractivity contribution in [2.45, 2.75) is 82.7 Å². The molecule has 2 atom stereocenters. The summed E-state index contributed by atoms with van der Waals surface area (Å²) in [7, 11) is -3.62. The van der Waals surface area contributed by atoms with Gasteiger partial charge in [-0.3, -0.25) is 0 Å². The smallest absolute Gasteiger partial charge is 0.161 e. The van der Waals surface area contributed by atoms with Gasteiger partial charge < -0.3 is 0 Å². The Kier molecular flexibility index (Phi) is 6.31. The van der Waals surface area contributed by atoms with Gasteiger partial charge in [-0.25, -0.2) is 0 Å². The first-order valence-corrected chi connectivity index (χ1v) is 20.4. The molecule has 0 heterocycles. The lowest BCUT2D eigenvalue weighted by atomic mass is 10.2. The monoisotopic (exact) mass is 384 g/mol. The molecule has 2 rings (SSSR count). The molecule has 0 aromatic rings. The first kappa shape index (κ1) is 19.7. The third kappa shape index (κ3) is 6.02. The SMILES string of the molecule is C[Si](C)(C)CCC[Si](Cl)(CCC[Si](C)(C)C)C1=CC2C=CC1C2. The standard InChI is InChI=1S/C19H37ClSi3/c1-21(2,3)11-7-13-23(20,14-8-12-22(4,5)6)19-16-17-9-10-18(19)15-17/h9-10,16-18H,7-8,11-15H2,1-6H3. The van der Waals surface area contributed by atoms with Crippen LogP contribution in [0.2, 0.25) is 63.5 Å². The van der Waals surface area contributed by atoms with Crippen molar-refractivity contribution in [3.63, 3.8) is 0 Å². The summed E-state index contributed by atoms with van der Waals surface area (Å²) in [5, 5.41) is 1.72. The van der Waals surface area contributed by atoms with Crippen LogP contribution in [-0.4, -0.2) is 23.5 Å². The molecular weight excluding hydrogens is 348 g/mol. The van der Waals surface area contributed by atoms with Gasteiger partial charge in [0.2, 0.25) is 0 Å². The van der Waals surface area contributed by atoms with Crippen LogP contribution in [0.25, 0.3) is 0 Å². The molecule has 2 aliphatic carbocycles. The number of fused-ring (bicyclic) bond motifs is 2. The van der Waals surface area contributed by atoms with E-state index < -0.39 is 23.5 Å². The summed E-state index contributed by atoms with van der Waals surface area (Å²) in [5.41, 5.74) is 0. The highest BCUT2D eigenvalue weighted by atomic mass is 35.6. The number of hydrogen-bond acceptors (Lipinski definition) is 0. The van der Waals surface area contributed by atoms with Crippen molar-refractivity contribution >= 4 is 34.6 Å². The van der Waals surface area contributed by atoms with Crippen LogP contribution in [0.15, 0.2) is 23.4 Å². The van der Waals surface area contributed by atoms with Gasteiger partial charge in [0.25, 0.3) is 0 Å². The van der Waals surface area contributed by atoms with Gasteiger partial charge in [0, 0.05) is 16.1 Å². The van der Waals surface area contributed by atoms with Crippen LogP contribution in [0.1, 0.15) is 19.3 Å².